The van der Waals surface area contributed by atoms with Gasteiger partial charge in [0, 0.05) is 37.0 Å². The van der Waals surface area contributed by atoms with E-state index in [0.717, 1.165) is 43.0 Å². The van der Waals surface area contributed by atoms with Crippen LogP contribution in [-0.4, -0.2) is 35.9 Å². The Kier molecular flexibility index (Phi) is 3.91. The molecule has 0 bridgehead atoms. The normalized spacial score (nSPS) is 21.2. The number of aromatic nitrogens is 2. The van der Waals surface area contributed by atoms with Crippen molar-refractivity contribution < 1.29 is 0 Å². The van der Waals surface area contributed by atoms with Crippen LogP contribution in [-0.2, 0) is 5.41 Å². The summed E-state index contributed by atoms with van der Waals surface area (Å²) in [5, 5.41) is 12.5. The van der Waals surface area contributed by atoms with Crippen molar-refractivity contribution in [1.29, 1.82) is 0 Å². The molecular weight excluding hydrogens is 260 g/mol. The van der Waals surface area contributed by atoms with Crippen LogP contribution in [0.1, 0.15) is 46.2 Å². The van der Waals surface area contributed by atoms with Crippen molar-refractivity contribution in [3.8, 4) is 0 Å². The number of hydrogen-bond donors (Lipinski definition) is 1. The van der Waals surface area contributed by atoms with Gasteiger partial charge in [-0.3, -0.25) is 0 Å². The van der Waals surface area contributed by atoms with Crippen molar-refractivity contribution >= 4 is 5.82 Å². The molecule has 116 valence electrons. The van der Waals surface area contributed by atoms with Crippen LogP contribution in [0.2, 0.25) is 0 Å². The average Bonchev–Trinajstić information content (AvgIpc) is 3.20. The van der Waals surface area contributed by atoms with Gasteiger partial charge < -0.3 is 10.2 Å². The third-order valence-electron chi connectivity index (χ3n) is 4.76. The Balaban J connectivity index is 1.45. The summed E-state index contributed by atoms with van der Waals surface area (Å²) in [6.45, 7) is 12.2. The Hall–Kier alpha value is -1.16. The maximum absolute atomic E-state index is 4.39. The fourth-order valence-corrected chi connectivity index (χ4v) is 2.90. The molecule has 1 saturated heterocycles. The molecule has 1 unspecified atom stereocenters. The summed E-state index contributed by atoms with van der Waals surface area (Å²) in [6, 6.07) is 4.93. The van der Waals surface area contributed by atoms with Gasteiger partial charge in [-0.05, 0) is 37.8 Å². The Morgan fingerprint density at radius 3 is 2.48 bits per heavy atom. The molecule has 0 radical (unpaired) electrons. The second-order valence-electron chi connectivity index (χ2n) is 7.83. The molecule has 0 amide bonds. The van der Waals surface area contributed by atoms with Crippen LogP contribution in [0.25, 0.3) is 0 Å². The summed E-state index contributed by atoms with van der Waals surface area (Å²) in [4.78, 5) is 2.33. The molecule has 2 heterocycles. The van der Waals surface area contributed by atoms with E-state index in [-0.39, 0.29) is 5.41 Å². The van der Waals surface area contributed by atoms with E-state index in [1.165, 1.54) is 12.8 Å². The number of hydrogen-bond acceptors (Lipinski definition) is 4. The topological polar surface area (TPSA) is 41.0 Å². The molecule has 1 aliphatic carbocycles. The van der Waals surface area contributed by atoms with E-state index in [4.69, 9.17) is 0 Å². The van der Waals surface area contributed by atoms with Gasteiger partial charge in [-0.25, -0.2) is 0 Å². The summed E-state index contributed by atoms with van der Waals surface area (Å²) in [6.07, 6.45) is 2.83. The Morgan fingerprint density at radius 1 is 1.24 bits per heavy atom. The lowest BCUT2D eigenvalue weighted by Crippen LogP contribution is -2.52. The Morgan fingerprint density at radius 2 is 1.95 bits per heavy atom. The molecule has 3 rings (SSSR count). The minimum atomic E-state index is 0.0753. The molecule has 4 heteroatoms. The van der Waals surface area contributed by atoms with Gasteiger partial charge in [0.15, 0.2) is 5.82 Å². The van der Waals surface area contributed by atoms with Crippen LogP contribution >= 0.6 is 0 Å². The molecule has 0 aromatic carbocycles. The second-order valence-corrected chi connectivity index (χ2v) is 7.83. The van der Waals surface area contributed by atoms with Gasteiger partial charge in [0.05, 0.1) is 5.69 Å². The lowest BCUT2D eigenvalue weighted by Gasteiger charge is -2.40. The predicted octanol–water partition coefficient (Wildman–Crippen LogP) is 2.60. The van der Waals surface area contributed by atoms with Crippen molar-refractivity contribution in [2.45, 2.75) is 52.0 Å². The van der Waals surface area contributed by atoms with Crippen LogP contribution in [0.3, 0.4) is 0 Å². The highest BCUT2D eigenvalue weighted by Gasteiger charge is 2.31. The van der Waals surface area contributed by atoms with Gasteiger partial charge in [0.2, 0.25) is 0 Å². The first kappa shape index (κ1) is 14.8. The van der Waals surface area contributed by atoms with E-state index in [1.807, 2.05) is 0 Å². The molecule has 1 saturated carbocycles. The third-order valence-corrected chi connectivity index (χ3v) is 4.76. The first-order valence-corrected chi connectivity index (χ1v) is 8.26. The molecule has 1 aromatic rings. The monoisotopic (exact) mass is 288 g/mol. The summed E-state index contributed by atoms with van der Waals surface area (Å²) in [7, 11) is 0. The lowest BCUT2D eigenvalue weighted by atomic mass is 9.92. The van der Waals surface area contributed by atoms with Crippen molar-refractivity contribution in [2.24, 2.45) is 11.8 Å². The Labute approximate surface area is 128 Å². The summed E-state index contributed by atoms with van der Waals surface area (Å²) in [5.74, 6) is 2.72. The van der Waals surface area contributed by atoms with Crippen LogP contribution < -0.4 is 10.2 Å². The Bertz CT molecular complexity index is 467. The molecule has 1 aromatic heterocycles. The van der Waals surface area contributed by atoms with Crippen LogP contribution in [0.15, 0.2) is 12.1 Å². The number of anilines is 1. The third kappa shape index (κ3) is 3.54. The first-order chi connectivity index (χ1) is 9.93. The van der Waals surface area contributed by atoms with Crippen molar-refractivity contribution in [3.05, 3.63) is 17.8 Å². The standard InChI is InChI=1S/C17H28N4/c1-12(14-5-6-14)18-9-13-10-21(11-13)16-8-7-15(19-20-16)17(2,3)4/h7-8,12-14,18H,5-6,9-11H2,1-4H3. The van der Waals surface area contributed by atoms with E-state index < -0.39 is 0 Å². The smallest absolute Gasteiger partial charge is 0.151 e. The van der Waals surface area contributed by atoms with E-state index in [2.05, 4.69) is 60.2 Å². The molecule has 21 heavy (non-hydrogen) atoms. The molecular formula is C17H28N4. The minimum absolute atomic E-state index is 0.0753. The maximum Gasteiger partial charge on any atom is 0.151 e. The van der Waals surface area contributed by atoms with E-state index in [9.17, 15) is 0 Å². The van der Waals surface area contributed by atoms with Gasteiger partial charge in [-0.15, -0.1) is 5.10 Å². The summed E-state index contributed by atoms with van der Waals surface area (Å²) >= 11 is 0. The van der Waals surface area contributed by atoms with E-state index >= 15 is 0 Å². The molecule has 0 spiro atoms. The van der Waals surface area contributed by atoms with E-state index in [0.29, 0.717) is 6.04 Å². The summed E-state index contributed by atoms with van der Waals surface area (Å²) in [5.41, 5.74) is 1.13. The fourth-order valence-electron chi connectivity index (χ4n) is 2.90. The zero-order chi connectivity index (χ0) is 15.0. The number of nitrogens with zero attached hydrogens (tertiary/aromatic N) is 3. The van der Waals surface area contributed by atoms with Gasteiger partial charge in [0.25, 0.3) is 0 Å². The van der Waals surface area contributed by atoms with Gasteiger partial charge in [-0.1, -0.05) is 20.8 Å². The maximum atomic E-state index is 4.39. The highest BCUT2D eigenvalue weighted by molar-refractivity contribution is 5.41. The van der Waals surface area contributed by atoms with E-state index in [1.54, 1.807) is 0 Å². The SMILES string of the molecule is CC(NCC1CN(c2ccc(C(C)(C)C)nn2)C1)C1CC1. The highest BCUT2D eigenvalue weighted by Crippen LogP contribution is 2.32. The summed E-state index contributed by atoms with van der Waals surface area (Å²) < 4.78 is 0. The van der Waals surface area contributed by atoms with Crippen LogP contribution in [0.4, 0.5) is 5.82 Å². The van der Waals surface area contributed by atoms with Gasteiger partial charge in [-0.2, -0.15) is 5.10 Å². The number of rotatable bonds is 5. The molecule has 1 atom stereocenters. The van der Waals surface area contributed by atoms with Crippen molar-refractivity contribution in [2.75, 3.05) is 24.5 Å². The zero-order valence-corrected chi connectivity index (χ0v) is 13.8. The van der Waals surface area contributed by atoms with Crippen molar-refractivity contribution in [1.82, 2.24) is 15.5 Å². The largest absolute Gasteiger partial charge is 0.354 e. The average molecular weight is 288 g/mol. The molecule has 2 fully saturated rings. The molecule has 2 aliphatic rings. The molecule has 1 N–H and O–H groups in total. The number of nitrogens with one attached hydrogen (secondary N) is 1. The van der Waals surface area contributed by atoms with Crippen LogP contribution in [0, 0.1) is 11.8 Å². The molecule has 4 nitrogen and oxygen atoms in total. The minimum Gasteiger partial charge on any atom is -0.354 e. The van der Waals surface area contributed by atoms with Crippen molar-refractivity contribution in [3.63, 3.8) is 0 Å². The lowest BCUT2D eigenvalue weighted by molar-refractivity contribution is 0.354. The second kappa shape index (κ2) is 5.56. The quantitative estimate of drug-likeness (QED) is 0.904. The van der Waals surface area contributed by atoms with Gasteiger partial charge in [0.1, 0.15) is 0 Å². The zero-order valence-electron chi connectivity index (χ0n) is 13.8. The predicted molar refractivity (Wildman–Crippen MR) is 86.6 cm³/mol. The molecule has 1 aliphatic heterocycles. The highest BCUT2D eigenvalue weighted by atomic mass is 15.3. The first-order valence-electron chi connectivity index (χ1n) is 8.26. The fraction of sp³-hybridized carbons (Fsp3) is 0.765. The van der Waals surface area contributed by atoms with Gasteiger partial charge >= 0.3 is 0 Å². The van der Waals surface area contributed by atoms with Crippen LogP contribution in [0.5, 0.6) is 0 Å².